The van der Waals surface area contributed by atoms with Crippen LogP contribution in [0.25, 0.3) is 0 Å². The minimum absolute atomic E-state index is 0.307. The number of anilines is 2. The van der Waals surface area contributed by atoms with E-state index < -0.39 is 0 Å². The molecule has 0 spiro atoms. The molecule has 0 aliphatic rings. The Morgan fingerprint density at radius 2 is 2.12 bits per heavy atom. The first-order chi connectivity index (χ1) is 8.22. The first-order valence-electron chi connectivity index (χ1n) is 5.35. The van der Waals surface area contributed by atoms with Crippen molar-refractivity contribution < 1.29 is 4.39 Å². The lowest BCUT2D eigenvalue weighted by atomic mass is 10.2. The molecule has 0 unspecified atom stereocenters. The summed E-state index contributed by atoms with van der Waals surface area (Å²) in [6.45, 7) is 0.465. The summed E-state index contributed by atoms with van der Waals surface area (Å²) in [4.78, 5) is 5.73. The summed E-state index contributed by atoms with van der Waals surface area (Å²) < 4.78 is 13.6. The smallest absolute Gasteiger partial charge is 0.169 e. The molecule has 2 rings (SSSR count). The minimum Gasteiger partial charge on any atom is -0.327 e. The van der Waals surface area contributed by atoms with E-state index in [0.29, 0.717) is 12.4 Å². The van der Waals surface area contributed by atoms with Crippen LogP contribution < -0.4 is 10.6 Å². The van der Waals surface area contributed by atoms with E-state index in [0.717, 1.165) is 11.3 Å². The molecule has 88 valence electrons. The summed E-state index contributed by atoms with van der Waals surface area (Å²) in [6.07, 6.45) is 1.57. The zero-order valence-electron chi connectivity index (χ0n) is 9.60. The van der Waals surface area contributed by atoms with Gasteiger partial charge in [0.15, 0.2) is 11.6 Å². The highest BCUT2D eigenvalue weighted by molar-refractivity contribution is 5.60. The highest BCUT2D eigenvalue weighted by Gasteiger charge is 2.10. The van der Waals surface area contributed by atoms with E-state index in [4.69, 9.17) is 5.73 Å². The quantitative estimate of drug-likeness (QED) is 0.882. The molecule has 1 aromatic heterocycles. The van der Waals surface area contributed by atoms with Gasteiger partial charge in [-0.3, -0.25) is 0 Å². The van der Waals surface area contributed by atoms with Gasteiger partial charge >= 0.3 is 0 Å². The van der Waals surface area contributed by atoms with Crippen LogP contribution in [0, 0.1) is 5.82 Å². The van der Waals surface area contributed by atoms with Gasteiger partial charge in [0, 0.05) is 25.5 Å². The second-order valence-electron chi connectivity index (χ2n) is 3.74. The van der Waals surface area contributed by atoms with Gasteiger partial charge in [0.05, 0.1) is 0 Å². The molecule has 0 fully saturated rings. The molecule has 3 nitrogen and oxygen atoms in total. The number of aromatic nitrogens is 1. The summed E-state index contributed by atoms with van der Waals surface area (Å²) in [5.41, 5.74) is 7.45. The number of halogens is 1. The Balaban J connectivity index is 2.37. The standard InChI is InChI=1S/C13H14FN3/c1-17(13-12(14)6-3-7-16-13)11-5-2-4-10(8-11)9-15/h2-8H,9,15H2,1H3. The average Bonchev–Trinajstić information content (AvgIpc) is 2.38. The van der Waals surface area contributed by atoms with Crippen molar-refractivity contribution in [3.8, 4) is 0 Å². The Labute approximate surface area is 99.7 Å². The molecule has 1 heterocycles. The molecule has 17 heavy (non-hydrogen) atoms. The first-order valence-corrected chi connectivity index (χ1v) is 5.35. The molecule has 0 aliphatic carbocycles. The van der Waals surface area contributed by atoms with Crippen molar-refractivity contribution in [1.29, 1.82) is 0 Å². The van der Waals surface area contributed by atoms with Crippen LogP contribution in [0.2, 0.25) is 0 Å². The van der Waals surface area contributed by atoms with Gasteiger partial charge in [0.25, 0.3) is 0 Å². The van der Waals surface area contributed by atoms with Crippen LogP contribution in [-0.4, -0.2) is 12.0 Å². The monoisotopic (exact) mass is 231 g/mol. The Hall–Kier alpha value is -1.94. The van der Waals surface area contributed by atoms with Crippen molar-refractivity contribution in [2.45, 2.75) is 6.54 Å². The van der Waals surface area contributed by atoms with E-state index in [1.807, 2.05) is 24.3 Å². The highest BCUT2D eigenvalue weighted by Crippen LogP contribution is 2.24. The number of pyridine rings is 1. The number of benzene rings is 1. The molecule has 0 bridgehead atoms. The summed E-state index contributed by atoms with van der Waals surface area (Å²) in [5.74, 6) is -0.0326. The zero-order chi connectivity index (χ0) is 12.3. The van der Waals surface area contributed by atoms with Crippen molar-refractivity contribution in [3.63, 3.8) is 0 Å². The molecule has 0 saturated carbocycles. The third kappa shape index (κ3) is 2.42. The largest absolute Gasteiger partial charge is 0.327 e. The van der Waals surface area contributed by atoms with E-state index in [-0.39, 0.29) is 5.82 Å². The van der Waals surface area contributed by atoms with Crippen molar-refractivity contribution in [2.24, 2.45) is 5.73 Å². The van der Waals surface area contributed by atoms with E-state index in [1.54, 1.807) is 24.2 Å². The Morgan fingerprint density at radius 1 is 1.29 bits per heavy atom. The van der Waals surface area contributed by atoms with E-state index in [1.165, 1.54) is 6.07 Å². The molecular weight excluding hydrogens is 217 g/mol. The minimum atomic E-state index is -0.340. The zero-order valence-corrected chi connectivity index (χ0v) is 9.60. The molecule has 0 radical (unpaired) electrons. The Morgan fingerprint density at radius 3 is 2.82 bits per heavy atom. The van der Waals surface area contributed by atoms with Gasteiger partial charge in [-0.1, -0.05) is 12.1 Å². The maximum atomic E-state index is 13.6. The second-order valence-corrected chi connectivity index (χ2v) is 3.74. The van der Waals surface area contributed by atoms with Crippen LogP contribution in [0.4, 0.5) is 15.9 Å². The van der Waals surface area contributed by atoms with Crippen LogP contribution in [0.1, 0.15) is 5.56 Å². The maximum absolute atomic E-state index is 13.6. The summed E-state index contributed by atoms with van der Waals surface area (Å²) in [7, 11) is 1.78. The van der Waals surface area contributed by atoms with Gasteiger partial charge in [-0.15, -0.1) is 0 Å². The summed E-state index contributed by atoms with van der Waals surface area (Å²) >= 11 is 0. The molecule has 4 heteroatoms. The van der Waals surface area contributed by atoms with Gasteiger partial charge in [0.2, 0.25) is 0 Å². The average molecular weight is 231 g/mol. The Bertz CT molecular complexity index is 514. The summed E-state index contributed by atoms with van der Waals surface area (Å²) in [5, 5.41) is 0. The molecule has 1 aromatic carbocycles. The van der Waals surface area contributed by atoms with Crippen molar-refractivity contribution in [1.82, 2.24) is 4.98 Å². The normalized spacial score (nSPS) is 10.3. The SMILES string of the molecule is CN(c1cccc(CN)c1)c1ncccc1F. The topological polar surface area (TPSA) is 42.1 Å². The predicted octanol–water partition coefficient (Wildman–Crippen LogP) is 2.45. The molecule has 0 aliphatic heterocycles. The highest BCUT2D eigenvalue weighted by atomic mass is 19.1. The second kappa shape index (κ2) is 4.93. The number of hydrogen-bond acceptors (Lipinski definition) is 3. The van der Waals surface area contributed by atoms with Gasteiger partial charge < -0.3 is 10.6 Å². The summed E-state index contributed by atoms with van der Waals surface area (Å²) in [6, 6.07) is 10.6. The number of nitrogens with zero attached hydrogens (tertiary/aromatic N) is 2. The number of hydrogen-bond donors (Lipinski definition) is 1. The molecular formula is C13H14FN3. The van der Waals surface area contributed by atoms with Crippen LogP contribution >= 0.6 is 0 Å². The van der Waals surface area contributed by atoms with Gasteiger partial charge in [0.1, 0.15) is 0 Å². The van der Waals surface area contributed by atoms with Crippen molar-refractivity contribution in [3.05, 3.63) is 54.0 Å². The van der Waals surface area contributed by atoms with E-state index in [9.17, 15) is 4.39 Å². The predicted molar refractivity (Wildman–Crippen MR) is 66.6 cm³/mol. The molecule has 0 atom stereocenters. The van der Waals surface area contributed by atoms with Crippen LogP contribution in [-0.2, 0) is 6.54 Å². The van der Waals surface area contributed by atoms with Gasteiger partial charge in [-0.05, 0) is 29.8 Å². The van der Waals surface area contributed by atoms with E-state index >= 15 is 0 Å². The molecule has 2 aromatic rings. The third-order valence-corrected chi connectivity index (χ3v) is 2.59. The van der Waals surface area contributed by atoms with Gasteiger partial charge in [-0.2, -0.15) is 0 Å². The van der Waals surface area contributed by atoms with Crippen molar-refractivity contribution >= 4 is 11.5 Å². The fraction of sp³-hybridized carbons (Fsp3) is 0.154. The number of nitrogens with two attached hydrogens (primary N) is 1. The maximum Gasteiger partial charge on any atom is 0.169 e. The fourth-order valence-electron chi connectivity index (χ4n) is 1.64. The van der Waals surface area contributed by atoms with E-state index in [2.05, 4.69) is 4.98 Å². The molecule has 0 amide bonds. The van der Waals surface area contributed by atoms with Crippen molar-refractivity contribution in [2.75, 3.05) is 11.9 Å². The molecule has 2 N–H and O–H groups in total. The Kier molecular flexibility index (Phi) is 3.35. The van der Waals surface area contributed by atoms with Crippen LogP contribution in [0.15, 0.2) is 42.6 Å². The lowest BCUT2D eigenvalue weighted by Crippen LogP contribution is -2.13. The van der Waals surface area contributed by atoms with Crippen LogP contribution in [0.5, 0.6) is 0 Å². The lowest BCUT2D eigenvalue weighted by molar-refractivity contribution is 0.621. The number of rotatable bonds is 3. The molecule has 0 saturated heterocycles. The third-order valence-electron chi connectivity index (χ3n) is 2.59. The fourth-order valence-corrected chi connectivity index (χ4v) is 1.64. The van der Waals surface area contributed by atoms with Crippen LogP contribution in [0.3, 0.4) is 0 Å². The lowest BCUT2D eigenvalue weighted by Gasteiger charge is -2.19. The van der Waals surface area contributed by atoms with Gasteiger partial charge in [-0.25, -0.2) is 9.37 Å². The first kappa shape index (κ1) is 11.5.